The number of carbonyl (C=O) groups excluding carboxylic acids is 1. The molecule has 0 rings (SSSR count). The third-order valence-electron chi connectivity index (χ3n) is 1.66. The zero-order valence-electron chi connectivity index (χ0n) is 8.39. The van der Waals surface area contributed by atoms with Crippen LogP contribution in [0.4, 0.5) is 0 Å². The summed E-state index contributed by atoms with van der Waals surface area (Å²) in [6.07, 6.45) is 1.58. The highest BCUT2D eigenvalue weighted by molar-refractivity contribution is 5.76. The van der Waals surface area contributed by atoms with E-state index in [1.165, 1.54) is 0 Å². The van der Waals surface area contributed by atoms with Crippen LogP contribution in [0, 0.1) is 0 Å². The zero-order valence-corrected chi connectivity index (χ0v) is 8.39. The highest BCUT2D eigenvalue weighted by atomic mass is 16.2. The molecule has 70 valence electrons. The molecule has 0 aliphatic heterocycles. The topological polar surface area (TPSA) is 20.3 Å². The molecular formula is C10H19NO. The standard InChI is InChI=1S/C10H19NO/c1-5-7-10(12)11(6-2)8-9(3)4/h3,5-8H2,1-2,4H3. The highest BCUT2D eigenvalue weighted by Gasteiger charge is 2.09. The Morgan fingerprint density at radius 3 is 2.33 bits per heavy atom. The van der Waals surface area contributed by atoms with Gasteiger partial charge in [0.2, 0.25) is 5.91 Å². The van der Waals surface area contributed by atoms with E-state index in [-0.39, 0.29) is 5.91 Å². The maximum absolute atomic E-state index is 11.4. The second-order valence-electron chi connectivity index (χ2n) is 3.12. The molecule has 1 amide bonds. The summed E-state index contributed by atoms with van der Waals surface area (Å²) < 4.78 is 0. The maximum Gasteiger partial charge on any atom is 0.222 e. The summed E-state index contributed by atoms with van der Waals surface area (Å²) in [6.45, 7) is 11.2. The van der Waals surface area contributed by atoms with Crippen LogP contribution in [0.15, 0.2) is 12.2 Å². The van der Waals surface area contributed by atoms with Crippen molar-refractivity contribution in [2.45, 2.75) is 33.6 Å². The lowest BCUT2D eigenvalue weighted by molar-refractivity contribution is -0.130. The molecular weight excluding hydrogens is 150 g/mol. The predicted molar refractivity (Wildman–Crippen MR) is 52.0 cm³/mol. The molecule has 0 aromatic heterocycles. The molecule has 12 heavy (non-hydrogen) atoms. The first-order valence-corrected chi connectivity index (χ1v) is 4.54. The fourth-order valence-corrected chi connectivity index (χ4v) is 1.07. The summed E-state index contributed by atoms with van der Waals surface area (Å²) in [4.78, 5) is 13.2. The van der Waals surface area contributed by atoms with Gasteiger partial charge in [-0.05, 0) is 20.3 Å². The van der Waals surface area contributed by atoms with Gasteiger partial charge in [0.15, 0.2) is 0 Å². The van der Waals surface area contributed by atoms with Gasteiger partial charge in [-0.25, -0.2) is 0 Å². The molecule has 0 bridgehead atoms. The fraction of sp³-hybridized carbons (Fsp3) is 0.700. The van der Waals surface area contributed by atoms with Gasteiger partial charge < -0.3 is 4.90 Å². The molecule has 0 saturated heterocycles. The van der Waals surface area contributed by atoms with Gasteiger partial charge in [-0.15, -0.1) is 0 Å². The minimum absolute atomic E-state index is 0.239. The van der Waals surface area contributed by atoms with Crippen molar-refractivity contribution < 1.29 is 4.79 Å². The van der Waals surface area contributed by atoms with Gasteiger partial charge in [0.05, 0.1) is 0 Å². The summed E-state index contributed by atoms with van der Waals surface area (Å²) in [6, 6.07) is 0. The van der Waals surface area contributed by atoms with Crippen molar-refractivity contribution in [1.82, 2.24) is 4.90 Å². The molecule has 0 radical (unpaired) electrons. The monoisotopic (exact) mass is 169 g/mol. The Labute approximate surface area is 75.3 Å². The summed E-state index contributed by atoms with van der Waals surface area (Å²) in [5, 5.41) is 0. The van der Waals surface area contributed by atoms with Gasteiger partial charge >= 0.3 is 0 Å². The van der Waals surface area contributed by atoms with Crippen molar-refractivity contribution in [2.75, 3.05) is 13.1 Å². The lowest BCUT2D eigenvalue weighted by Crippen LogP contribution is -2.31. The Hall–Kier alpha value is -0.790. The molecule has 0 spiro atoms. The van der Waals surface area contributed by atoms with E-state index in [1.807, 2.05) is 25.7 Å². The van der Waals surface area contributed by atoms with Crippen LogP contribution in [0.2, 0.25) is 0 Å². The van der Waals surface area contributed by atoms with Gasteiger partial charge in [0.25, 0.3) is 0 Å². The van der Waals surface area contributed by atoms with E-state index in [2.05, 4.69) is 6.58 Å². The number of hydrogen-bond acceptors (Lipinski definition) is 1. The molecule has 0 atom stereocenters. The number of carbonyl (C=O) groups is 1. The molecule has 0 aromatic carbocycles. The summed E-state index contributed by atoms with van der Waals surface area (Å²) in [5.74, 6) is 0.239. The van der Waals surface area contributed by atoms with E-state index < -0.39 is 0 Å². The maximum atomic E-state index is 11.4. The average molecular weight is 169 g/mol. The van der Waals surface area contributed by atoms with E-state index in [0.29, 0.717) is 13.0 Å². The first-order chi connectivity index (χ1) is 5.61. The molecule has 2 nitrogen and oxygen atoms in total. The van der Waals surface area contributed by atoms with Gasteiger partial charge in [-0.1, -0.05) is 19.1 Å². The van der Waals surface area contributed by atoms with Crippen molar-refractivity contribution in [2.24, 2.45) is 0 Å². The molecule has 0 fully saturated rings. The first kappa shape index (κ1) is 11.2. The second-order valence-corrected chi connectivity index (χ2v) is 3.12. The predicted octanol–water partition coefficient (Wildman–Crippen LogP) is 2.21. The molecule has 0 aliphatic rings. The van der Waals surface area contributed by atoms with Gasteiger partial charge in [0.1, 0.15) is 0 Å². The second kappa shape index (κ2) is 5.81. The van der Waals surface area contributed by atoms with E-state index in [9.17, 15) is 4.79 Å². The number of amides is 1. The number of hydrogen-bond donors (Lipinski definition) is 0. The highest BCUT2D eigenvalue weighted by Crippen LogP contribution is 2.00. The van der Waals surface area contributed by atoms with Crippen LogP contribution in [0.3, 0.4) is 0 Å². The number of likely N-dealkylation sites (N-methyl/N-ethyl adjacent to an activating group) is 1. The van der Waals surface area contributed by atoms with Crippen molar-refractivity contribution in [3.8, 4) is 0 Å². The lowest BCUT2D eigenvalue weighted by Gasteiger charge is -2.20. The van der Waals surface area contributed by atoms with Gasteiger partial charge in [-0.3, -0.25) is 4.79 Å². The largest absolute Gasteiger partial charge is 0.339 e. The van der Waals surface area contributed by atoms with E-state index in [0.717, 1.165) is 18.5 Å². The minimum Gasteiger partial charge on any atom is -0.339 e. The Bertz CT molecular complexity index is 163. The Balaban J connectivity index is 3.96. The van der Waals surface area contributed by atoms with Crippen LogP contribution >= 0.6 is 0 Å². The van der Waals surface area contributed by atoms with Crippen LogP contribution in [0.5, 0.6) is 0 Å². The molecule has 0 saturated carbocycles. The normalized spacial score (nSPS) is 9.58. The van der Waals surface area contributed by atoms with Gasteiger partial charge in [-0.2, -0.15) is 0 Å². The molecule has 0 heterocycles. The quantitative estimate of drug-likeness (QED) is 0.578. The first-order valence-electron chi connectivity index (χ1n) is 4.54. The van der Waals surface area contributed by atoms with E-state index in [1.54, 1.807) is 0 Å². The molecule has 0 N–H and O–H groups in total. The summed E-state index contributed by atoms with van der Waals surface area (Å²) >= 11 is 0. The molecule has 0 unspecified atom stereocenters. The van der Waals surface area contributed by atoms with Crippen molar-refractivity contribution in [1.29, 1.82) is 0 Å². The van der Waals surface area contributed by atoms with Crippen LogP contribution in [-0.2, 0) is 4.79 Å². The smallest absolute Gasteiger partial charge is 0.222 e. The number of nitrogens with zero attached hydrogens (tertiary/aromatic N) is 1. The SMILES string of the molecule is C=C(C)CN(CC)C(=O)CCC. The summed E-state index contributed by atoms with van der Waals surface area (Å²) in [7, 11) is 0. The molecule has 0 aliphatic carbocycles. The third-order valence-corrected chi connectivity index (χ3v) is 1.66. The van der Waals surface area contributed by atoms with Crippen LogP contribution < -0.4 is 0 Å². The van der Waals surface area contributed by atoms with Gasteiger partial charge in [0, 0.05) is 19.5 Å². The van der Waals surface area contributed by atoms with E-state index in [4.69, 9.17) is 0 Å². The average Bonchev–Trinajstić information content (AvgIpc) is 2.00. The third kappa shape index (κ3) is 4.16. The van der Waals surface area contributed by atoms with Crippen LogP contribution in [0.1, 0.15) is 33.6 Å². The van der Waals surface area contributed by atoms with E-state index >= 15 is 0 Å². The molecule has 2 heteroatoms. The summed E-state index contributed by atoms with van der Waals surface area (Å²) in [5.41, 5.74) is 1.04. The molecule has 0 aromatic rings. The Morgan fingerprint density at radius 2 is 2.00 bits per heavy atom. The minimum atomic E-state index is 0.239. The number of rotatable bonds is 5. The van der Waals surface area contributed by atoms with Crippen molar-refractivity contribution in [3.05, 3.63) is 12.2 Å². The lowest BCUT2D eigenvalue weighted by atomic mass is 10.2. The Morgan fingerprint density at radius 1 is 1.42 bits per heavy atom. The van der Waals surface area contributed by atoms with Crippen molar-refractivity contribution >= 4 is 5.91 Å². The van der Waals surface area contributed by atoms with Crippen molar-refractivity contribution in [3.63, 3.8) is 0 Å². The van der Waals surface area contributed by atoms with Crippen LogP contribution in [0.25, 0.3) is 0 Å². The van der Waals surface area contributed by atoms with Crippen LogP contribution in [-0.4, -0.2) is 23.9 Å². The zero-order chi connectivity index (χ0) is 9.56. The Kier molecular flexibility index (Phi) is 5.43. The fourth-order valence-electron chi connectivity index (χ4n) is 1.07.